The number of nitrogens with one attached hydrogen (secondary N) is 2. The molecule has 0 saturated carbocycles. The first-order valence-electron chi connectivity index (χ1n) is 9.70. The minimum atomic E-state index is -0.845. The van der Waals surface area contributed by atoms with Gasteiger partial charge in [0.2, 0.25) is 0 Å². The highest BCUT2D eigenvalue weighted by molar-refractivity contribution is 5.68. The fourth-order valence-corrected chi connectivity index (χ4v) is 3.75. The van der Waals surface area contributed by atoms with Crippen LogP contribution in [0.25, 0.3) is 0 Å². The number of carboxylic acid groups (broad SMARTS) is 1. The van der Waals surface area contributed by atoms with Crippen molar-refractivity contribution in [3.63, 3.8) is 0 Å². The molecule has 3 heterocycles. The molecule has 0 bridgehead atoms. The average molecular weight is 385 g/mol. The maximum Gasteiger partial charge on any atom is 0.304 e. The molecule has 5 nitrogen and oxygen atoms in total. The van der Waals surface area contributed by atoms with E-state index in [1.807, 2.05) is 67.0 Å². The molecule has 0 aliphatic heterocycles. The smallest absolute Gasteiger partial charge is 0.304 e. The Kier molecular flexibility index (Phi) is 5.56. The maximum atomic E-state index is 11.5. The number of aromatic amines is 2. The molecule has 146 valence electrons. The number of aliphatic carboxylic acids is 1. The number of hydrogen-bond donors (Lipinski definition) is 3. The lowest BCUT2D eigenvalue weighted by atomic mass is 9.91. The largest absolute Gasteiger partial charge is 0.481 e. The summed E-state index contributed by atoms with van der Waals surface area (Å²) in [5.74, 6) is -1.10. The Balaban J connectivity index is 1.71. The van der Waals surface area contributed by atoms with Crippen molar-refractivity contribution in [2.45, 2.75) is 24.7 Å². The molecule has 0 aliphatic carbocycles. The number of rotatable bonds is 8. The minimum Gasteiger partial charge on any atom is -0.481 e. The number of pyridine rings is 1. The molecule has 4 rings (SSSR count). The summed E-state index contributed by atoms with van der Waals surface area (Å²) < 4.78 is 0. The molecule has 3 aromatic heterocycles. The molecule has 0 saturated heterocycles. The highest BCUT2D eigenvalue weighted by Gasteiger charge is 2.23. The molecule has 4 aromatic rings. The summed E-state index contributed by atoms with van der Waals surface area (Å²) in [7, 11) is 0. The first-order valence-corrected chi connectivity index (χ1v) is 9.70. The molecule has 0 amide bonds. The molecule has 0 radical (unpaired) electrons. The van der Waals surface area contributed by atoms with E-state index in [4.69, 9.17) is 4.98 Å². The summed E-state index contributed by atoms with van der Waals surface area (Å²) in [6.07, 6.45) is 4.53. The van der Waals surface area contributed by atoms with Gasteiger partial charge in [-0.2, -0.15) is 0 Å². The molecular formula is C24H23N3O2. The van der Waals surface area contributed by atoms with Crippen LogP contribution in [-0.4, -0.2) is 26.0 Å². The monoisotopic (exact) mass is 385 g/mol. The van der Waals surface area contributed by atoms with Gasteiger partial charge in [0.05, 0.1) is 18.0 Å². The molecule has 29 heavy (non-hydrogen) atoms. The summed E-state index contributed by atoms with van der Waals surface area (Å²) in [4.78, 5) is 22.9. The minimum absolute atomic E-state index is 0.0111. The molecule has 0 spiro atoms. The Morgan fingerprint density at radius 3 is 2.00 bits per heavy atom. The standard InChI is InChI=1S/C24H23N3O2/c28-24(29)16-19(21-12-6-14-26-21)23-10-4-9-22(27-23)18(20-11-5-13-25-20)15-17-7-2-1-3-8-17/h1-14,18-19,25-26H,15-16H2,(H,28,29)/t18-,19-/m1/s1. The van der Waals surface area contributed by atoms with E-state index in [2.05, 4.69) is 28.2 Å². The summed E-state index contributed by atoms with van der Waals surface area (Å²) in [6, 6.07) is 24.1. The number of hydrogen-bond acceptors (Lipinski definition) is 2. The van der Waals surface area contributed by atoms with E-state index in [1.165, 1.54) is 5.56 Å². The Morgan fingerprint density at radius 2 is 1.41 bits per heavy atom. The van der Waals surface area contributed by atoms with Gasteiger partial charge in [0.25, 0.3) is 0 Å². The molecule has 2 atom stereocenters. The Labute approximate surface area is 169 Å². The van der Waals surface area contributed by atoms with Crippen LogP contribution >= 0.6 is 0 Å². The van der Waals surface area contributed by atoms with Crippen molar-refractivity contribution in [3.8, 4) is 0 Å². The quantitative estimate of drug-likeness (QED) is 0.410. The van der Waals surface area contributed by atoms with E-state index >= 15 is 0 Å². The van der Waals surface area contributed by atoms with E-state index in [9.17, 15) is 9.90 Å². The zero-order valence-corrected chi connectivity index (χ0v) is 16.0. The van der Waals surface area contributed by atoms with Crippen LogP contribution in [0.3, 0.4) is 0 Å². The lowest BCUT2D eigenvalue weighted by Crippen LogP contribution is -2.13. The van der Waals surface area contributed by atoms with Gasteiger partial charge in [-0.15, -0.1) is 0 Å². The number of H-pyrrole nitrogens is 2. The molecular weight excluding hydrogens is 362 g/mol. The molecule has 0 unspecified atom stereocenters. The summed E-state index contributed by atoms with van der Waals surface area (Å²) in [5, 5.41) is 9.42. The third kappa shape index (κ3) is 4.46. The summed E-state index contributed by atoms with van der Waals surface area (Å²) in [6.45, 7) is 0. The second kappa shape index (κ2) is 8.61. The van der Waals surface area contributed by atoms with Crippen molar-refractivity contribution < 1.29 is 9.90 Å². The van der Waals surface area contributed by atoms with E-state index in [0.29, 0.717) is 0 Å². The van der Waals surface area contributed by atoms with E-state index < -0.39 is 5.97 Å². The molecule has 5 heteroatoms. The van der Waals surface area contributed by atoms with Crippen LogP contribution in [0.5, 0.6) is 0 Å². The first-order chi connectivity index (χ1) is 14.2. The highest BCUT2D eigenvalue weighted by atomic mass is 16.4. The molecule has 3 N–H and O–H groups in total. The van der Waals surface area contributed by atoms with Crippen LogP contribution in [0.2, 0.25) is 0 Å². The zero-order valence-electron chi connectivity index (χ0n) is 16.0. The number of benzene rings is 1. The Morgan fingerprint density at radius 1 is 0.793 bits per heavy atom. The van der Waals surface area contributed by atoms with Crippen LogP contribution in [0.4, 0.5) is 0 Å². The van der Waals surface area contributed by atoms with Crippen molar-refractivity contribution in [1.29, 1.82) is 0 Å². The second-order valence-corrected chi connectivity index (χ2v) is 7.13. The van der Waals surface area contributed by atoms with Crippen molar-refractivity contribution in [1.82, 2.24) is 15.0 Å². The van der Waals surface area contributed by atoms with Crippen molar-refractivity contribution in [2.24, 2.45) is 0 Å². The third-order valence-electron chi connectivity index (χ3n) is 5.16. The highest BCUT2D eigenvalue weighted by Crippen LogP contribution is 2.30. The molecule has 0 fully saturated rings. The second-order valence-electron chi connectivity index (χ2n) is 7.13. The van der Waals surface area contributed by atoms with E-state index in [0.717, 1.165) is 29.2 Å². The SMILES string of the molecule is O=C(O)C[C@@H](c1cccc([C@H](Cc2ccccc2)c2ccc[nH]2)n1)c1ccc[nH]1. The fourth-order valence-electron chi connectivity index (χ4n) is 3.75. The lowest BCUT2D eigenvalue weighted by molar-refractivity contribution is -0.137. The van der Waals surface area contributed by atoms with Crippen LogP contribution in [0, 0.1) is 0 Å². The number of carboxylic acids is 1. The van der Waals surface area contributed by atoms with Crippen LogP contribution < -0.4 is 0 Å². The van der Waals surface area contributed by atoms with Gasteiger partial charge < -0.3 is 15.1 Å². The Bertz CT molecular complexity index is 1040. The van der Waals surface area contributed by atoms with E-state index in [1.54, 1.807) is 0 Å². The van der Waals surface area contributed by atoms with Crippen LogP contribution in [0.1, 0.15) is 46.6 Å². The maximum absolute atomic E-state index is 11.5. The van der Waals surface area contributed by atoms with Gasteiger partial charge in [0, 0.05) is 35.4 Å². The first kappa shape index (κ1) is 18.7. The fraction of sp³-hybridized carbons (Fsp3) is 0.167. The summed E-state index contributed by atoms with van der Waals surface area (Å²) in [5.41, 5.74) is 4.86. The summed E-state index contributed by atoms with van der Waals surface area (Å²) >= 11 is 0. The van der Waals surface area contributed by atoms with Crippen molar-refractivity contribution >= 4 is 5.97 Å². The van der Waals surface area contributed by atoms with Gasteiger partial charge >= 0.3 is 5.97 Å². The Hall–Kier alpha value is -3.60. The zero-order chi connectivity index (χ0) is 20.1. The van der Waals surface area contributed by atoms with Crippen molar-refractivity contribution in [2.75, 3.05) is 0 Å². The van der Waals surface area contributed by atoms with Crippen molar-refractivity contribution in [3.05, 3.63) is 114 Å². The lowest BCUT2D eigenvalue weighted by Gasteiger charge is -2.19. The van der Waals surface area contributed by atoms with Gasteiger partial charge in [-0.1, -0.05) is 36.4 Å². The van der Waals surface area contributed by atoms with Crippen LogP contribution in [-0.2, 0) is 11.2 Å². The molecule has 0 aliphatic rings. The van der Waals surface area contributed by atoms with Gasteiger partial charge in [-0.05, 0) is 48.4 Å². The molecule has 1 aromatic carbocycles. The van der Waals surface area contributed by atoms with Gasteiger partial charge in [-0.3, -0.25) is 9.78 Å². The van der Waals surface area contributed by atoms with Gasteiger partial charge in [0.15, 0.2) is 0 Å². The topological polar surface area (TPSA) is 81.8 Å². The normalized spacial score (nSPS) is 13.1. The average Bonchev–Trinajstić information content (AvgIpc) is 3.45. The number of carbonyl (C=O) groups is 1. The predicted octanol–water partition coefficient (Wildman–Crippen LogP) is 4.72. The van der Waals surface area contributed by atoms with E-state index in [-0.39, 0.29) is 18.3 Å². The number of nitrogens with zero attached hydrogens (tertiary/aromatic N) is 1. The number of aromatic nitrogens is 3. The third-order valence-corrected chi connectivity index (χ3v) is 5.16. The van der Waals surface area contributed by atoms with Crippen LogP contribution in [0.15, 0.2) is 85.2 Å². The van der Waals surface area contributed by atoms with Gasteiger partial charge in [-0.25, -0.2) is 0 Å². The van der Waals surface area contributed by atoms with Gasteiger partial charge in [0.1, 0.15) is 0 Å². The predicted molar refractivity (Wildman–Crippen MR) is 112 cm³/mol.